The second-order valence-electron chi connectivity index (χ2n) is 8.44. The summed E-state index contributed by atoms with van der Waals surface area (Å²) in [4.78, 5) is 18.9. The van der Waals surface area contributed by atoms with E-state index in [1.54, 1.807) is 0 Å². The molecule has 0 saturated carbocycles. The normalized spacial score (nSPS) is 14.0. The van der Waals surface area contributed by atoms with Crippen LogP contribution < -0.4 is 19.7 Å². The molecule has 0 spiro atoms. The van der Waals surface area contributed by atoms with Crippen LogP contribution in [0.15, 0.2) is 54.6 Å². The molecule has 0 radical (unpaired) electrons. The van der Waals surface area contributed by atoms with Crippen molar-refractivity contribution in [1.82, 2.24) is 4.98 Å². The summed E-state index contributed by atoms with van der Waals surface area (Å²) in [5.41, 5.74) is 4.15. The van der Waals surface area contributed by atoms with Crippen LogP contribution in [0.25, 0.3) is 0 Å². The largest absolute Gasteiger partial charge is 0.493 e. The van der Waals surface area contributed by atoms with Crippen molar-refractivity contribution in [3.8, 4) is 17.2 Å². The molecule has 0 bridgehead atoms. The molecule has 1 N–H and O–H groups in total. The number of rotatable bonds is 7. The molecule has 0 saturated heterocycles. The van der Waals surface area contributed by atoms with Gasteiger partial charge in [-0.25, -0.2) is 4.98 Å². The van der Waals surface area contributed by atoms with Crippen molar-refractivity contribution in [3.05, 3.63) is 71.4 Å². The van der Waals surface area contributed by atoms with E-state index in [0.29, 0.717) is 25.5 Å². The van der Waals surface area contributed by atoms with E-state index in [2.05, 4.69) is 17.4 Å². The summed E-state index contributed by atoms with van der Waals surface area (Å²) in [7, 11) is 0. The molecule has 0 fully saturated rings. The fourth-order valence-electron chi connectivity index (χ4n) is 4.35. The summed E-state index contributed by atoms with van der Waals surface area (Å²) < 4.78 is 17.5. The maximum absolute atomic E-state index is 12.2. The van der Waals surface area contributed by atoms with Gasteiger partial charge in [-0.1, -0.05) is 18.2 Å². The van der Waals surface area contributed by atoms with Gasteiger partial charge in [-0.2, -0.15) is 0 Å². The van der Waals surface area contributed by atoms with Crippen molar-refractivity contribution in [2.45, 2.75) is 32.7 Å². The molecule has 2 aromatic carbocycles. The molecule has 0 atom stereocenters. The molecular weight excluding hydrogens is 430 g/mol. The number of carbonyl (C=O) groups is 1. The quantitative estimate of drug-likeness (QED) is 0.512. The Morgan fingerprint density at radius 1 is 1.12 bits per heavy atom. The second kappa shape index (κ2) is 10.0. The van der Waals surface area contributed by atoms with Crippen LogP contribution in [0.2, 0.25) is 0 Å². The Morgan fingerprint density at radius 3 is 2.91 bits per heavy atom. The lowest BCUT2D eigenvalue weighted by molar-refractivity contribution is -0.141. The van der Waals surface area contributed by atoms with Gasteiger partial charge in [-0.05, 0) is 55.7 Å². The second-order valence-corrected chi connectivity index (χ2v) is 8.44. The highest BCUT2D eigenvalue weighted by molar-refractivity contribution is 5.77. The number of aryl methyl sites for hydroxylation is 1. The van der Waals surface area contributed by atoms with Crippen LogP contribution in [0.1, 0.15) is 30.2 Å². The van der Waals surface area contributed by atoms with Crippen LogP contribution >= 0.6 is 0 Å². The van der Waals surface area contributed by atoms with E-state index in [-0.39, 0.29) is 12.5 Å². The number of hydrogen-bond acceptors (Lipinski definition) is 7. The highest BCUT2D eigenvalue weighted by Gasteiger charge is 2.23. The predicted octanol–water partition coefficient (Wildman–Crippen LogP) is 4.74. The van der Waals surface area contributed by atoms with E-state index >= 15 is 0 Å². The summed E-state index contributed by atoms with van der Waals surface area (Å²) in [5.74, 6) is 2.92. The van der Waals surface area contributed by atoms with Crippen LogP contribution in [-0.2, 0) is 28.9 Å². The molecule has 0 unspecified atom stereocenters. The van der Waals surface area contributed by atoms with Gasteiger partial charge >= 0.3 is 5.97 Å². The van der Waals surface area contributed by atoms with Crippen molar-refractivity contribution in [2.24, 2.45) is 0 Å². The van der Waals surface area contributed by atoms with E-state index < -0.39 is 0 Å². The topological polar surface area (TPSA) is 72.9 Å². The van der Waals surface area contributed by atoms with E-state index in [1.807, 2.05) is 54.3 Å². The van der Waals surface area contributed by atoms with Crippen molar-refractivity contribution in [1.29, 1.82) is 0 Å². The first-order valence-corrected chi connectivity index (χ1v) is 11.9. The van der Waals surface area contributed by atoms with Gasteiger partial charge in [-0.15, -0.1) is 0 Å². The van der Waals surface area contributed by atoms with Gasteiger partial charge in [-0.3, -0.25) is 4.79 Å². The number of anilines is 2. The van der Waals surface area contributed by atoms with Gasteiger partial charge in [0.1, 0.15) is 23.9 Å². The average Bonchev–Trinajstić information content (AvgIpc) is 3.00. The highest BCUT2D eigenvalue weighted by atomic mass is 16.5. The molecule has 7 nitrogen and oxygen atoms in total. The molecule has 34 heavy (non-hydrogen) atoms. The molecular formula is C27H29N3O4. The molecule has 0 amide bonds. The molecule has 7 heteroatoms. The molecule has 3 aromatic rings. The number of aromatic nitrogens is 1. The van der Waals surface area contributed by atoms with E-state index in [1.165, 1.54) is 5.56 Å². The van der Waals surface area contributed by atoms with Gasteiger partial charge in [0.05, 0.1) is 18.9 Å². The summed E-state index contributed by atoms with van der Waals surface area (Å²) >= 11 is 0. The first-order chi connectivity index (χ1) is 16.7. The Balaban J connectivity index is 1.28. The number of pyridine rings is 1. The Morgan fingerprint density at radius 2 is 2.00 bits per heavy atom. The molecule has 0 aliphatic carbocycles. The SMILES string of the molecule is CCOC(=O)CN1Cc2ccc(OCCc3ccc4c(n3)NCCC4)cc2Oc2ccccc21. The molecule has 1 aromatic heterocycles. The highest BCUT2D eigenvalue weighted by Crippen LogP contribution is 2.40. The summed E-state index contributed by atoms with van der Waals surface area (Å²) in [6, 6.07) is 17.8. The third-order valence-corrected chi connectivity index (χ3v) is 6.03. The first kappa shape index (κ1) is 22.1. The van der Waals surface area contributed by atoms with Crippen molar-refractivity contribution in [3.63, 3.8) is 0 Å². The number of nitrogens with zero attached hydrogens (tertiary/aromatic N) is 2. The predicted molar refractivity (Wildman–Crippen MR) is 131 cm³/mol. The third-order valence-electron chi connectivity index (χ3n) is 6.03. The zero-order valence-corrected chi connectivity index (χ0v) is 19.4. The molecule has 3 heterocycles. The minimum absolute atomic E-state index is 0.161. The van der Waals surface area contributed by atoms with Crippen molar-refractivity contribution in [2.75, 3.05) is 36.5 Å². The summed E-state index contributed by atoms with van der Waals surface area (Å²) in [6.45, 7) is 4.38. The lowest BCUT2D eigenvalue weighted by Crippen LogP contribution is -2.30. The minimum atomic E-state index is -0.258. The van der Waals surface area contributed by atoms with Gasteiger partial charge in [0.15, 0.2) is 5.75 Å². The van der Waals surface area contributed by atoms with Crippen LogP contribution in [-0.4, -0.2) is 37.3 Å². The maximum atomic E-state index is 12.2. The number of benzene rings is 2. The third kappa shape index (κ3) is 4.93. The van der Waals surface area contributed by atoms with E-state index in [4.69, 9.17) is 19.2 Å². The van der Waals surface area contributed by atoms with Gasteiger partial charge in [0, 0.05) is 36.8 Å². The monoisotopic (exact) mass is 459 g/mol. The zero-order chi connectivity index (χ0) is 23.3. The van der Waals surface area contributed by atoms with E-state index in [0.717, 1.165) is 60.1 Å². The Hall–Kier alpha value is -3.74. The fourth-order valence-corrected chi connectivity index (χ4v) is 4.35. The number of esters is 1. The molecule has 5 rings (SSSR count). The Kier molecular flexibility index (Phi) is 6.51. The average molecular weight is 460 g/mol. The molecule has 176 valence electrons. The number of ether oxygens (including phenoxy) is 3. The standard InChI is InChI=1S/C27H29N3O4/c1-2-32-26(31)18-30-17-20-10-12-22(16-25(20)34-24-8-4-3-7-23(24)30)33-15-13-21-11-9-19-6-5-14-28-27(19)29-21/h3-4,7-12,16H,2,5-6,13-15,17-18H2,1H3,(H,28,29). The van der Waals surface area contributed by atoms with Crippen molar-refractivity contribution < 1.29 is 19.0 Å². The number of para-hydroxylation sites is 2. The maximum Gasteiger partial charge on any atom is 0.325 e. The summed E-state index contributed by atoms with van der Waals surface area (Å²) in [5, 5.41) is 3.38. The Labute approximate surface area is 199 Å². The lowest BCUT2D eigenvalue weighted by Gasteiger charge is -2.22. The zero-order valence-electron chi connectivity index (χ0n) is 19.4. The van der Waals surface area contributed by atoms with E-state index in [9.17, 15) is 4.79 Å². The van der Waals surface area contributed by atoms with Gasteiger partial charge in [0.2, 0.25) is 0 Å². The number of hydrogen-bond donors (Lipinski definition) is 1. The molecule has 2 aliphatic rings. The fraction of sp³-hybridized carbons (Fsp3) is 0.333. The number of carbonyl (C=O) groups excluding carboxylic acids is 1. The number of fused-ring (bicyclic) bond motifs is 3. The van der Waals surface area contributed by atoms with Gasteiger partial charge in [0.25, 0.3) is 0 Å². The lowest BCUT2D eigenvalue weighted by atomic mass is 10.1. The molecule has 2 aliphatic heterocycles. The van der Waals surface area contributed by atoms with Crippen LogP contribution in [0.3, 0.4) is 0 Å². The van der Waals surface area contributed by atoms with Crippen LogP contribution in [0.5, 0.6) is 17.2 Å². The first-order valence-electron chi connectivity index (χ1n) is 11.9. The van der Waals surface area contributed by atoms with Crippen LogP contribution in [0, 0.1) is 0 Å². The Bertz CT molecular complexity index is 1180. The number of nitrogens with one attached hydrogen (secondary N) is 1. The minimum Gasteiger partial charge on any atom is -0.493 e. The van der Waals surface area contributed by atoms with Crippen LogP contribution in [0.4, 0.5) is 11.5 Å². The summed E-state index contributed by atoms with van der Waals surface area (Å²) in [6.07, 6.45) is 2.97. The van der Waals surface area contributed by atoms with Crippen molar-refractivity contribution >= 4 is 17.5 Å². The van der Waals surface area contributed by atoms with Gasteiger partial charge < -0.3 is 24.4 Å². The smallest absolute Gasteiger partial charge is 0.325 e.